The Labute approximate surface area is 295 Å². The number of aromatic nitrogens is 2. The predicted molar refractivity (Wildman–Crippen MR) is 195 cm³/mol. The molecule has 1 saturated heterocycles. The highest BCUT2D eigenvalue weighted by atomic mass is 32.2. The van der Waals surface area contributed by atoms with Gasteiger partial charge < -0.3 is 20.6 Å². The van der Waals surface area contributed by atoms with Crippen LogP contribution in [-0.2, 0) is 29.5 Å². The van der Waals surface area contributed by atoms with Crippen molar-refractivity contribution in [3.05, 3.63) is 119 Å². The smallest absolute Gasteiger partial charge is 0.254 e. The van der Waals surface area contributed by atoms with E-state index in [2.05, 4.69) is 15.7 Å². The van der Waals surface area contributed by atoms with Gasteiger partial charge >= 0.3 is 0 Å². The maximum atomic E-state index is 14.0. The second-order valence-corrected chi connectivity index (χ2v) is 15.0. The van der Waals surface area contributed by atoms with E-state index in [4.69, 9.17) is 0 Å². The summed E-state index contributed by atoms with van der Waals surface area (Å²) < 4.78 is 28.0. The first-order valence-corrected chi connectivity index (χ1v) is 19.1. The van der Waals surface area contributed by atoms with Crippen molar-refractivity contribution in [2.45, 2.75) is 57.8 Å². The zero-order valence-electron chi connectivity index (χ0n) is 29.0. The summed E-state index contributed by atoms with van der Waals surface area (Å²) in [5.74, 6) is -0.842. The zero-order valence-corrected chi connectivity index (χ0v) is 29.9. The number of hydrogen-bond acceptors (Lipinski definition) is 7. The molecule has 1 aliphatic rings. The molecular formula is C38H48N6O5S. The molecule has 0 aliphatic carbocycles. The Kier molecular flexibility index (Phi) is 12.4. The van der Waals surface area contributed by atoms with Crippen LogP contribution in [0.15, 0.2) is 91.3 Å². The van der Waals surface area contributed by atoms with Gasteiger partial charge in [0.2, 0.25) is 10.0 Å². The lowest BCUT2D eigenvalue weighted by Gasteiger charge is -2.26. The van der Waals surface area contributed by atoms with E-state index >= 15 is 0 Å². The molecule has 5 rings (SSSR count). The summed E-state index contributed by atoms with van der Waals surface area (Å²) in [7, 11) is -2.26. The monoisotopic (exact) mass is 700 g/mol. The molecule has 0 bridgehead atoms. The number of carbonyl (C=O) groups excluding carboxylic acids is 2. The lowest BCUT2D eigenvalue weighted by molar-refractivity contribution is 0.0735. The SMILES string of the molecule is CCn1cc(CNC[C@@H](O)C(CCNC(=O)c2cc(C(=O)N3CCCC3c3ccccc3)cc(N(C)S(C)(=O)=O)c2)Cc2ccccc2)cn1. The number of carbonyl (C=O) groups is 2. The molecule has 11 nitrogen and oxygen atoms in total. The van der Waals surface area contributed by atoms with Crippen LogP contribution in [0.3, 0.4) is 0 Å². The fraction of sp³-hybridized carbons (Fsp3) is 0.395. The average molecular weight is 701 g/mol. The summed E-state index contributed by atoms with van der Waals surface area (Å²) in [6, 6.07) is 24.2. The minimum atomic E-state index is -3.67. The number of hydrogen-bond donors (Lipinski definition) is 3. The normalized spacial score (nSPS) is 15.8. The number of benzene rings is 3. The highest BCUT2D eigenvalue weighted by Gasteiger charge is 2.31. The molecule has 50 heavy (non-hydrogen) atoms. The number of likely N-dealkylation sites (tertiary alicyclic amines) is 1. The molecule has 4 aromatic rings. The van der Waals surface area contributed by atoms with Crippen molar-refractivity contribution >= 4 is 27.5 Å². The lowest BCUT2D eigenvalue weighted by Crippen LogP contribution is -2.36. The Balaban J connectivity index is 1.30. The van der Waals surface area contributed by atoms with Crippen LogP contribution >= 0.6 is 0 Å². The number of aliphatic hydroxyl groups excluding tert-OH is 1. The molecular weight excluding hydrogens is 653 g/mol. The van der Waals surface area contributed by atoms with E-state index < -0.39 is 22.0 Å². The third kappa shape index (κ3) is 9.58. The largest absolute Gasteiger partial charge is 0.392 e. The second-order valence-electron chi connectivity index (χ2n) is 13.0. The van der Waals surface area contributed by atoms with Crippen molar-refractivity contribution in [3.63, 3.8) is 0 Å². The highest BCUT2D eigenvalue weighted by Crippen LogP contribution is 2.34. The number of sulfonamides is 1. The molecule has 1 fully saturated rings. The first-order chi connectivity index (χ1) is 24.0. The van der Waals surface area contributed by atoms with Gasteiger partial charge in [-0.05, 0) is 67.9 Å². The van der Waals surface area contributed by atoms with Crippen molar-refractivity contribution < 1.29 is 23.1 Å². The van der Waals surface area contributed by atoms with Crippen LogP contribution in [0.4, 0.5) is 5.69 Å². The van der Waals surface area contributed by atoms with Crippen LogP contribution in [0.5, 0.6) is 0 Å². The Bertz CT molecular complexity index is 1830. The van der Waals surface area contributed by atoms with Gasteiger partial charge in [-0.15, -0.1) is 0 Å². The molecule has 1 aromatic heterocycles. The van der Waals surface area contributed by atoms with Gasteiger partial charge in [0, 0.05) is 62.7 Å². The van der Waals surface area contributed by atoms with Gasteiger partial charge in [-0.25, -0.2) is 8.42 Å². The van der Waals surface area contributed by atoms with E-state index in [1.54, 1.807) is 11.0 Å². The van der Waals surface area contributed by atoms with Crippen LogP contribution in [0.2, 0.25) is 0 Å². The third-order valence-corrected chi connectivity index (χ3v) is 10.6. The Morgan fingerprint density at radius 1 is 1.02 bits per heavy atom. The topological polar surface area (TPSA) is 137 Å². The molecule has 2 unspecified atom stereocenters. The van der Waals surface area contributed by atoms with E-state index in [0.29, 0.717) is 32.5 Å². The number of nitrogens with zero attached hydrogens (tertiary/aromatic N) is 4. The first-order valence-electron chi connectivity index (χ1n) is 17.2. The minimum Gasteiger partial charge on any atom is -0.392 e. The van der Waals surface area contributed by atoms with E-state index in [1.807, 2.05) is 84.7 Å². The van der Waals surface area contributed by atoms with Crippen LogP contribution in [0.25, 0.3) is 0 Å². The molecule has 1 aliphatic heterocycles. The molecule has 2 amide bonds. The van der Waals surface area contributed by atoms with E-state index in [-0.39, 0.29) is 41.2 Å². The number of rotatable bonds is 16. The molecule has 0 radical (unpaired) electrons. The minimum absolute atomic E-state index is 0.103. The maximum absolute atomic E-state index is 14.0. The van der Waals surface area contributed by atoms with Gasteiger partial charge in [-0.1, -0.05) is 60.7 Å². The Hall–Kier alpha value is -4.52. The van der Waals surface area contributed by atoms with Crippen molar-refractivity contribution in [3.8, 4) is 0 Å². The fourth-order valence-electron chi connectivity index (χ4n) is 6.46. The Morgan fingerprint density at radius 2 is 1.72 bits per heavy atom. The average Bonchev–Trinajstić information content (AvgIpc) is 3.81. The van der Waals surface area contributed by atoms with Crippen LogP contribution < -0.4 is 14.9 Å². The van der Waals surface area contributed by atoms with Crippen molar-refractivity contribution in [2.24, 2.45) is 5.92 Å². The van der Waals surface area contributed by atoms with Gasteiger partial charge in [-0.2, -0.15) is 5.10 Å². The summed E-state index contributed by atoms with van der Waals surface area (Å²) in [5.41, 5.74) is 3.82. The number of aliphatic hydroxyl groups is 1. The number of amides is 2. The van der Waals surface area contributed by atoms with Crippen molar-refractivity contribution in [2.75, 3.05) is 37.2 Å². The van der Waals surface area contributed by atoms with Gasteiger partial charge in [0.1, 0.15) is 0 Å². The van der Waals surface area contributed by atoms with Crippen LogP contribution in [0.1, 0.15) is 69.6 Å². The molecule has 3 atom stereocenters. The summed E-state index contributed by atoms with van der Waals surface area (Å²) in [4.78, 5) is 29.4. The fourth-order valence-corrected chi connectivity index (χ4v) is 6.95. The Morgan fingerprint density at radius 3 is 2.40 bits per heavy atom. The molecule has 2 heterocycles. The first kappa shape index (κ1) is 36.8. The van der Waals surface area contributed by atoms with Crippen molar-refractivity contribution in [1.29, 1.82) is 0 Å². The summed E-state index contributed by atoms with van der Waals surface area (Å²) >= 11 is 0. The van der Waals surface area contributed by atoms with Crippen LogP contribution in [0, 0.1) is 5.92 Å². The standard InChI is InChI=1S/C38H48N6O5S/c1-4-43-27-29(25-41-43)24-39-26-36(45)31(20-28-12-7-5-8-13-28)17-18-40-37(46)32-21-33(23-34(22-32)42(2)50(3,48)49)38(47)44-19-11-16-35(44)30-14-9-6-10-15-30/h5-10,12-15,21-23,25,27,31,35-36,39,45H,4,11,16-20,24,26H2,1-3H3,(H,40,46)/t31?,35?,36-/m1/s1. The highest BCUT2D eigenvalue weighted by molar-refractivity contribution is 7.92. The summed E-state index contributed by atoms with van der Waals surface area (Å²) in [6.07, 6.45) is 6.98. The van der Waals surface area contributed by atoms with Gasteiger partial charge in [0.15, 0.2) is 0 Å². The van der Waals surface area contributed by atoms with E-state index in [0.717, 1.165) is 46.6 Å². The van der Waals surface area contributed by atoms with Crippen molar-refractivity contribution in [1.82, 2.24) is 25.3 Å². The van der Waals surface area contributed by atoms with Gasteiger partial charge in [-0.3, -0.25) is 18.6 Å². The lowest BCUT2D eigenvalue weighted by atomic mass is 9.90. The quantitative estimate of drug-likeness (QED) is 0.158. The molecule has 266 valence electrons. The molecule has 0 spiro atoms. The molecule has 3 aromatic carbocycles. The van der Waals surface area contributed by atoms with Crippen LogP contribution in [-0.4, -0.2) is 79.1 Å². The number of nitrogens with one attached hydrogen (secondary N) is 2. The maximum Gasteiger partial charge on any atom is 0.254 e. The summed E-state index contributed by atoms with van der Waals surface area (Å²) in [5, 5.41) is 21.9. The second kappa shape index (κ2) is 16.9. The number of aryl methyl sites for hydroxylation is 1. The molecule has 0 saturated carbocycles. The summed E-state index contributed by atoms with van der Waals surface area (Å²) in [6.45, 7) is 4.60. The van der Waals surface area contributed by atoms with E-state index in [9.17, 15) is 23.1 Å². The molecule has 12 heteroatoms. The predicted octanol–water partition coefficient (Wildman–Crippen LogP) is 4.41. The molecule has 3 N–H and O–H groups in total. The van der Waals surface area contributed by atoms with Gasteiger partial charge in [0.25, 0.3) is 11.8 Å². The zero-order chi connectivity index (χ0) is 35.7. The van der Waals surface area contributed by atoms with E-state index in [1.165, 1.54) is 19.2 Å². The number of anilines is 1. The third-order valence-electron chi connectivity index (χ3n) is 9.36. The van der Waals surface area contributed by atoms with Gasteiger partial charge in [0.05, 0.1) is 30.3 Å².